The molecule has 0 aliphatic carbocycles. The van der Waals surface area contributed by atoms with Crippen molar-refractivity contribution in [3.8, 4) is 0 Å². The van der Waals surface area contributed by atoms with Crippen molar-refractivity contribution in [3.05, 3.63) is 36.6 Å². The summed E-state index contributed by atoms with van der Waals surface area (Å²) in [7, 11) is 1.24. The number of carboxylic acids is 1. The van der Waals surface area contributed by atoms with Crippen LogP contribution >= 0.6 is 0 Å². The second kappa shape index (κ2) is 15.2. The number of ether oxygens (including phenoxy) is 5. The number of hydrogen-bond donors (Lipinski definition) is 5. The molecule has 0 aromatic heterocycles. The minimum Gasteiger partial charge on any atom is -0.550 e. The number of esters is 1. The van der Waals surface area contributed by atoms with Crippen molar-refractivity contribution in [1.82, 2.24) is 0 Å². The Kier molecular flexibility index (Phi) is 12.3. The van der Waals surface area contributed by atoms with Crippen molar-refractivity contribution >= 4 is 11.9 Å². The molecule has 3 rings (SSSR count). The molecule has 0 aromatic carbocycles. The van der Waals surface area contributed by atoms with Crippen LogP contribution < -0.4 is 10.0 Å². The van der Waals surface area contributed by atoms with Crippen LogP contribution in [0.2, 0.25) is 0 Å². The van der Waals surface area contributed by atoms with Crippen LogP contribution in [-0.4, -0.2) is 115 Å². The molecule has 0 spiro atoms. The van der Waals surface area contributed by atoms with E-state index in [1.54, 1.807) is 26.0 Å². The van der Waals surface area contributed by atoms with Gasteiger partial charge in [-0.3, -0.25) is 0 Å². The van der Waals surface area contributed by atoms with Gasteiger partial charge in [-0.1, -0.05) is 18.2 Å². The molecule has 2 fully saturated rings. The number of piperidine rings is 1. The minimum absolute atomic E-state index is 0.0775. The number of aliphatic hydroxyl groups excluding tert-OH is 4. The number of hydrogen-bond acceptors (Lipinski definition) is 12. The second-order valence-corrected chi connectivity index (χ2v) is 10.9. The third-order valence-electron chi connectivity index (χ3n) is 7.70. The van der Waals surface area contributed by atoms with Gasteiger partial charge in [0.15, 0.2) is 6.29 Å². The van der Waals surface area contributed by atoms with Crippen LogP contribution in [-0.2, 0) is 33.3 Å². The number of methoxy groups -OCH3 is 1. The van der Waals surface area contributed by atoms with E-state index in [9.17, 15) is 35.1 Å². The summed E-state index contributed by atoms with van der Waals surface area (Å²) in [6.45, 7) is 8.07. The van der Waals surface area contributed by atoms with E-state index in [2.05, 4.69) is 6.58 Å². The summed E-state index contributed by atoms with van der Waals surface area (Å²) in [5.74, 6) is -3.96. The second-order valence-electron chi connectivity index (χ2n) is 10.9. The van der Waals surface area contributed by atoms with Gasteiger partial charge in [0.1, 0.15) is 31.0 Å². The number of quaternary nitrogens is 1. The molecule has 5 N–H and O–H groups in total. The number of nitrogens with one attached hydrogen (secondary N) is 1. The monoisotopic (exact) mass is 585 g/mol. The molecule has 232 valence electrons. The highest BCUT2D eigenvalue weighted by atomic mass is 16.8. The lowest BCUT2D eigenvalue weighted by Gasteiger charge is -2.44. The quantitative estimate of drug-likeness (QED) is 0.115. The van der Waals surface area contributed by atoms with E-state index in [0.29, 0.717) is 26.1 Å². The molecule has 2 saturated heterocycles. The standard InChI is InChI=1S/C28H43NO12/c1-5-18-19(7-6-16-10-17(25(34)35)12-29(11-16)8-9-30)20(26(36)37-4)14-38-27(18)41-28-24(39-15(2)3)23(33)22(32)21(13-31)40-28/h5-7,14-19,21-24,27-28,30-33H,1,8-13H2,2-4H3,(H,34,35)/t16?,17?,18-,19+,21-,22-,23+,24+,27-,28+/m1/s1. The predicted molar refractivity (Wildman–Crippen MR) is 139 cm³/mol. The maximum Gasteiger partial charge on any atom is 0.337 e. The number of allylic oxidation sites excluding steroid dienone is 1. The zero-order chi connectivity index (χ0) is 30.3. The molecule has 13 heteroatoms. The number of carboxylic acid groups (broad SMARTS) is 1. The third kappa shape index (κ3) is 8.14. The van der Waals surface area contributed by atoms with Crippen LogP contribution in [0.1, 0.15) is 20.3 Å². The summed E-state index contributed by atoms with van der Waals surface area (Å²) < 4.78 is 28.4. The molecule has 3 aliphatic rings. The van der Waals surface area contributed by atoms with Gasteiger partial charge >= 0.3 is 5.97 Å². The average molecular weight is 586 g/mol. The smallest absolute Gasteiger partial charge is 0.337 e. The minimum atomic E-state index is -1.43. The third-order valence-corrected chi connectivity index (χ3v) is 7.70. The Labute approximate surface area is 239 Å². The molecule has 0 bridgehead atoms. The van der Waals surface area contributed by atoms with Gasteiger partial charge < -0.3 is 58.9 Å². The maximum absolute atomic E-state index is 12.7. The Morgan fingerprint density at radius 1 is 1.20 bits per heavy atom. The fourth-order valence-corrected chi connectivity index (χ4v) is 5.66. The lowest BCUT2D eigenvalue weighted by atomic mass is 9.81. The van der Waals surface area contributed by atoms with Crippen LogP contribution in [0.15, 0.2) is 36.6 Å². The molecule has 0 saturated carbocycles. The normalized spacial score (nSPS) is 37.9. The van der Waals surface area contributed by atoms with Crippen molar-refractivity contribution in [2.24, 2.45) is 23.7 Å². The van der Waals surface area contributed by atoms with Gasteiger partial charge in [0, 0.05) is 17.8 Å². The van der Waals surface area contributed by atoms with E-state index in [4.69, 9.17) is 23.7 Å². The molecule has 11 atom stereocenters. The van der Waals surface area contributed by atoms with Crippen LogP contribution in [0.3, 0.4) is 0 Å². The highest BCUT2D eigenvalue weighted by molar-refractivity contribution is 5.89. The summed E-state index contributed by atoms with van der Waals surface area (Å²) in [4.78, 5) is 25.3. The van der Waals surface area contributed by atoms with Crippen LogP contribution in [0.25, 0.3) is 0 Å². The number of carbonyl (C=O) groups is 2. The molecule has 3 aliphatic heterocycles. The van der Waals surface area contributed by atoms with Gasteiger partial charge in [0.2, 0.25) is 6.29 Å². The lowest BCUT2D eigenvalue weighted by molar-refractivity contribution is -0.911. The zero-order valence-corrected chi connectivity index (χ0v) is 23.7. The van der Waals surface area contributed by atoms with Crippen LogP contribution in [0.5, 0.6) is 0 Å². The zero-order valence-electron chi connectivity index (χ0n) is 23.7. The molecule has 41 heavy (non-hydrogen) atoms. The van der Waals surface area contributed by atoms with Gasteiger partial charge in [0.05, 0.1) is 63.2 Å². The molecule has 13 nitrogen and oxygen atoms in total. The van der Waals surface area contributed by atoms with Crippen LogP contribution in [0, 0.1) is 23.7 Å². The first kappa shape index (κ1) is 33.1. The molecular weight excluding hydrogens is 542 g/mol. The Bertz CT molecular complexity index is 954. The van der Waals surface area contributed by atoms with E-state index >= 15 is 0 Å². The van der Waals surface area contributed by atoms with Crippen molar-refractivity contribution in [1.29, 1.82) is 0 Å². The van der Waals surface area contributed by atoms with Crippen molar-refractivity contribution in [2.45, 2.75) is 63.4 Å². The van der Waals surface area contributed by atoms with E-state index in [-0.39, 0.29) is 24.2 Å². The van der Waals surface area contributed by atoms with Crippen molar-refractivity contribution < 1.29 is 63.7 Å². The highest BCUT2D eigenvalue weighted by Gasteiger charge is 2.49. The predicted octanol–water partition coefficient (Wildman–Crippen LogP) is -3.11. The van der Waals surface area contributed by atoms with Crippen LogP contribution in [0.4, 0.5) is 0 Å². The SMILES string of the molecule is C=C[C@H]1[C@@H](O[C@@H]2O[C@H](CO)[C@@H](O)[C@H](O)[C@@H]2OC(C)C)OC=C(C(=O)OC)[C@H]1C=CC1CC(C(=O)[O-])C[NH+](CCO)C1. The van der Waals surface area contributed by atoms with E-state index in [0.717, 1.165) is 4.90 Å². The summed E-state index contributed by atoms with van der Waals surface area (Å²) >= 11 is 0. The van der Waals surface area contributed by atoms with Gasteiger partial charge in [-0.2, -0.15) is 0 Å². The first-order valence-corrected chi connectivity index (χ1v) is 13.9. The number of rotatable bonds is 12. The lowest BCUT2D eigenvalue weighted by Crippen LogP contribution is -3.15. The first-order chi connectivity index (χ1) is 19.5. The number of likely N-dealkylation sites (tertiary alicyclic amines) is 1. The molecule has 0 aromatic rings. The molecule has 0 radical (unpaired) electrons. The van der Waals surface area contributed by atoms with Crippen molar-refractivity contribution in [3.63, 3.8) is 0 Å². The average Bonchev–Trinajstić information content (AvgIpc) is 2.95. The molecule has 0 amide bonds. The van der Waals surface area contributed by atoms with Gasteiger partial charge in [0.25, 0.3) is 0 Å². The summed E-state index contributed by atoms with van der Waals surface area (Å²) in [6.07, 6.45) is -1.08. The van der Waals surface area contributed by atoms with E-state index in [1.807, 2.05) is 6.08 Å². The Balaban J connectivity index is 1.88. The highest BCUT2D eigenvalue weighted by Crippen LogP contribution is 2.37. The Morgan fingerprint density at radius 2 is 1.93 bits per heavy atom. The fraction of sp³-hybridized carbons (Fsp3) is 0.714. The van der Waals surface area contributed by atoms with Crippen molar-refractivity contribution in [2.75, 3.05) is 40.0 Å². The molecule has 3 heterocycles. The van der Waals surface area contributed by atoms with E-state index < -0.39 is 73.3 Å². The fourth-order valence-electron chi connectivity index (χ4n) is 5.66. The summed E-state index contributed by atoms with van der Waals surface area (Å²) in [5.41, 5.74) is 0.184. The largest absolute Gasteiger partial charge is 0.550 e. The molecular formula is C28H43NO12. The maximum atomic E-state index is 12.7. The number of carbonyl (C=O) groups excluding carboxylic acids is 2. The van der Waals surface area contributed by atoms with Gasteiger partial charge in [-0.05, 0) is 20.3 Å². The topological polar surface area (TPSA) is 189 Å². The Hall–Kier alpha value is -2.36. The van der Waals surface area contributed by atoms with Gasteiger partial charge in [-0.15, -0.1) is 6.58 Å². The number of aliphatic hydroxyl groups is 4. The molecule has 3 unspecified atom stereocenters. The van der Waals surface area contributed by atoms with Gasteiger partial charge in [-0.25, -0.2) is 4.79 Å². The Morgan fingerprint density at radius 3 is 2.51 bits per heavy atom. The summed E-state index contributed by atoms with van der Waals surface area (Å²) in [5, 5.41) is 51.8. The first-order valence-electron chi connectivity index (χ1n) is 13.9. The number of aliphatic carboxylic acids is 1. The summed E-state index contributed by atoms with van der Waals surface area (Å²) in [6, 6.07) is 0. The van der Waals surface area contributed by atoms with E-state index in [1.165, 1.54) is 13.4 Å².